The minimum absolute atomic E-state index is 0.213. The normalized spacial score (nSPS) is 20.0. The summed E-state index contributed by atoms with van der Waals surface area (Å²) in [4.78, 5) is 3.51. The van der Waals surface area contributed by atoms with E-state index < -0.39 is 0 Å². The molecule has 1 aromatic heterocycles. The van der Waals surface area contributed by atoms with Crippen LogP contribution in [-0.4, -0.2) is 4.98 Å². The van der Waals surface area contributed by atoms with E-state index in [1.807, 2.05) is 0 Å². The number of fused-ring (bicyclic) bond motifs is 3. The Bertz CT molecular complexity index is 693. The van der Waals surface area contributed by atoms with Gasteiger partial charge in [-0.15, -0.1) is 0 Å². The molecule has 1 aromatic carbocycles. The van der Waals surface area contributed by atoms with E-state index in [-0.39, 0.29) is 19.2 Å². The molecule has 0 bridgehead atoms. The molecular formula is C17H17NTi. The first kappa shape index (κ1) is 11.8. The molecular weight excluding hydrogens is 266 g/mol. The van der Waals surface area contributed by atoms with Crippen molar-refractivity contribution in [3.8, 4) is 0 Å². The number of benzene rings is 1. The molecule has 1 nitrogen and oxygen atoms in total. The second-order valence-corrected chi connectivity index (χ2v) is 7.63. The van der Waals surface area contributed by atoms with E-state index in [1.54, 1.807) is 20.6 Å². The van der Waals surface area contributed by atoms with Gasteiger partial charge in [0.25, 0.3) is 0 Å². The average Bonchev–Trinajstić information content (AvgIpc) is 2.79. The molecule has 0 amide bonds. The van der Waals surface area contributed by atoms with Crippen molar-refractivity contribution in [2.75, 3.05) is 0 Å². The predicted molar refractivity (Wildman–Crippen MR) is 75.2 cm³/mol. The molecule has 2 aliphatic carbocycles. The zero-order valence-electron chi connectivity index (χ0n) is 11.4. The van der Waals surface area contributed by atoms with Gasteiger partial charge >= 0.3 is 123 Å². The Morgan fingerprint density at radius 3 is 2.74 bits per heavy atom. The number of aromatic amines is 1. The SMILES string of the molecule is Cc1c[nH][c]([Ti][C]2=C3CCC3c3ccccc32)c1C. The number of aromatic nitrogens is 1. The van der Waals surface area contributed by atoms with Crippen LogP contribution in [0.3, 0.4) is 0 Å². The molecule has 1 fully saturated rings. The molecule has 2 heteroatoms. The third kappa shape index (κ3) is 1.65. The third-order valence-corrected chi connectivity index (χ3v) is 7.21. The Morgan fingerprint density at radius 2 is 2.05 bits per heavy atom. The molecule has 2 aliphatic rings. The molecule has 1 unspecified atom stereocenters. The van der Waals surface area contributed by atoms with Crippen LogP contribution >= 0.6 is 0 Å². The summed E-state index contributed by atoms with van der Waals surface area (Å²) in [6, 6.07) is 9.07. The first-order chi connectivity index (χ1) is 9.25. The molecule has 19 heavy (non-hydrogen) atoms. The number of hydrogen-bond donors (Lipinski definition) is 1. The van der Waals surface area contributed by atoms with Gasteiger partial charge in [-0.25, -0.2) is 0 Å². The molecule has 0 aliphatic heterocycles. The van der Waals surface area contributed by atoms with Crippen LogP contribution in [0.15, 0.2) is 36.0 Å². The van der Waals surface area contributed by atoms with Gasteiger partial charge in [0, 0.05) is 0 Å². The van der Waals surface area contributed by atoms with E-state index in [9.17, 15) is 0 Å². The molecule has 2 aromatic rings. The first-order valence-corrected chi connectivity index (χ1v) is 8.56. The summed E-state index contributed by atoms with van der Waals surface area (Å²) in [6.07, 6.45) is 4.86. The molecule has 0 radical (unpaired) electrons. The summed E-state index contributed by atoms with van der Waals surface area (Å²) in [5, 5.41) is 0. The van der Waals surface area contributed by atoms with Gasteiger partial charge in [0.2, 0.25) is 0 Å². The van der Waals surface area contributed by atoms with E-state index in [0.717, 1.165) is 5.92 Å². The van der Waals surface area contributed by atoms with E-state index in [0.29, 0.717) is 0 Å². The Morgan fingerprint density at radius 1 is 1.21 bits per heavy atom. The van der Waals surface area contributed by atoms with Crippen LogP contribution in [0.25, 0.3) is 3.88 Å². The zero-order chi connectivity index (χ0) is 13.0. The van der Waals surface area contributed by atoms with Gasteiger partial charge in [0.05, 0.1) is 0 Å². The molecule has 0 spiro atoms. The first-order valence-electron chi connectivity index (χ1n) is 6.99. The molecule has 1 heterocycles. The maximum atomic E-state index is 3.51. The van der Waals surface area contributed by atoms with Crippen LogP contribution < -0.4 is 4.00 Å². The second-order valence-electron chi connectivity index (χ2n) is 5.68. The van der Waals surface area contributed by atoms with Gasteiger partial charge in [-0.3, -0.25) is 0 Å². The standard InChI is InChI=1S/C11H9.C6H8N.Ti/c1-2-4-10-8(3-1)7-9-5-6-11(9)10;1-5-3-7-4-6(5)2;/h1-4,11H,5-6H2;3,7H,1-2H3;. The number of hydrogen-bond acceptors (Lipinski definition) is 0. The predicted octanol–water partition coefficient (Wildman–Crippen LogP) is 3.64. The van der Waals surface area contributed by atoms with Gasteiger partial charge in [-0.05, 0) is 0 Å². The summed E-state index contributed by atoms with van der Waals surface area (Å²) in [6.45, 7) is 4.46. The van der Waals surface area contributed by atoms with Gasteiger partial charge in [0.1, 0.15) is 0 Å². The van der Waals surface area contributed by atoms with Crippen molar-refractivity contribution < 1.29 is 19.2 Å². The molecule has 1 atom stereocenters. The van der Waals surface area contributed by atoms with Crippen molar-refractivity contribution in [1.29, 1.82) is 0 Å². The number of rotatable bonds is 2. The number of allylic oxidation sites excluding steroid dienone is 1. The molecule has 4 rings (SSSR count). The summed E-state index contributed by atoms with van der Waals surface area (Å²) in [7, 11) is 0. The Labute approximate surface area is 123 Å². The van der Waals surface area contributed by atoms with Crippen LogP contribution in [0.5, 0.6) is 0 Å². The van der Waals surface area contributed by atoms with Crippen LogP contribution in [0, 0.1) is 13.8 Å². The van der Waals surface area contributed by atoms with E-state index in [1.165, 1.54) is 28.0 Å². The summed E-state index contributed by atoms with van der Waals surface area (Å²) >= 11 is -0.213. The zero-order valence-corrected chi connectivity index (χ0v) is 12.9. The number of aryl methyl sites for hydroxylation is 1. The van der Waals surface area contributed by atoms with Crippen molar-refractivity contribution in [3.63, 3.8) is 0 Å². The fourth-order valence-electron chi connectivity index (χ4n) is 3.27. The van der Waals surface area contributed by atoms with Crippen molar-refractivity contribution >= 4 is 7.88 Å². The fraction of sp³-hybridized carbons (Fsp3) is 0.294. The Kier molecular flexibility index (Phi) is 2.61. The average molecular weight is 283 g/mol. The second kappa shape index (κ2) is 4.23. The molecule has 1 saturated carbocycles. The Hall–Kier alpha value is -1.05. The van der Waals surface area contributed by atoms with Gasteiger partial charge in [0.15, 0.2) is 0 Å². The topological polar surface area (TPSA) is 15.8 Å². The Balaban J connectivity index is 1.78. The molecule has 0 saturated heterocycles. The van der Waals surface area contributed by atoms with E-state index >= 15 is 0 Å². The van der Waals surface area contributed by atoms with Crippen molar-refractivity contribution in [3.05, 3.63) is 58.3 Å². The van der Waals surface area contributed by atoms with Gasteiger partial charge in [-0.1, -0.05) is 0 Å². The van der Waals surface area contributed by atoms with Crippen molar-refractivity contribution in [1.82, 2.24) is 4.98 Å². The molecule has 94 valence electrons. The maximum absolute atomic E-state index is 3.51. The van der Waals surface area contributed by atoms with Crippen LogP contribution in [0.1, 0.15) is 41.0 Å². The summed E-state index contributed by atoms with van der Waals surface area (Å²) < 4.78 is 3.24. The minimum atomic E-state index is -0.213. The van der Waals surface area contributed by atoms with Crippen molar-refractivity contribution in [2.45, 2.75) is 32.6 Å². The van der Waals surface area contributed by atoms with E-state index in [2.05, 4.69) is 49.3 Å². The molecule has 1 N–H and O–H groups in total. The monoisotopic (exact) mass is 283 g/mol. The summed E-state index contributed by atoms with van der Waals surface area (Å²) in [5.74, 6) is 0.770. The third-order valence-electron chi connectivity index (χ3n) is 4.70. The summed E-state index contributed by atoms with van der Waals surface area (Å²) in [5.41, 5.74) is 7.80. The van der Waals surface area contributed by atoms with Gasteiger partial charge < -0.3 is 0 Å². The fourth-order valence-corrected chi connectivity index (χ4v) is 5.77. The van der Waals surface area contributed by atoms with Crippen LogP contribution in [-0.2, 0) is 19.2 Å². The van der Waals surface area contributed by atoms with E-state index in [4.69, 9.17) is 0 Å². The van der Waals surface area contributed by atoms with Crippen LogP contribution in [0.4, 0.5) is 0 Å². The number of nitrogens with one attached hydrogen (secondary N) is 1. The number of H-pyrrole nitrogens is 1. The van der Waals surface area contributed by atoms with Crippen molar-refractivity contribution in [2.24, 2.45) is 0 Å². The quantitative estimate of drug-likeness (QED) is 0.810. The van der Waals surface area contributed by atoms with Gasteiger partial charge in [-0.2, -0.15) is 0 Å². The van der Waals surface area contributed by atoms with Crippen LogP contribution in [0.2, 0.25) is 0 Å².